The fourth-order valence-corrected chi connectivity index (χ4v) is 1.83. The lowest BCUT2D eigenvalue weighted by atomic mass is 10.2. The number of nitrogens with zero attached hydrogens (tertiary/aromatic N) is 2. The predicted octanol–water partition coefficient (Wildman–Crippen LogP) is 2.94. The molecule has 0 spiro atoms. The van der Waals surface area contributed by atoms with E-state index in [0.717, 1.165) is 5.57 Å². The minimum absolute atomic E-state index is 0.197. The van der Waals surface area contributed by atoms with E-state index in [4.69, 9.17) is 5.11 Å². The van der Waals surface area contributed by atoms with Gasteiger partial charge in [-0.1, -0.05) is 12.2 Å². The van der Waals surface area contributed by atoms with Crippen LogP contribution in [0.2, 0.25) is 0 Å². The molecule has 0 radical (unpaired) electrons. The average Bonchev–Trinajstić information content (AvgIpc) is 2.25. The Morgan fingerprint density at radius 3 is 2.76 bits per heavy atom. The molecule has 0 aliphatic carbocycles. The van der Waals surface area contributed by atoms with Crippen LogP contribution in [0.15, 0.2) is 28.9 Å². The van der Waals surface area contributed by atoms with Gasteiger partial charge in [-0.3, -0.25) is 0 Å². The van der Waals surface area contributed by atoms with Crippen LogP contribution in [-0.2, 0) is 0 Å². The van der Waals surface area contributed by atoms with E-state index in [1.54, 1.807) is 12.3 Å². The number of likely N-dealkylation sites (N-methyl/N-ethyl adjacent to an activating group) is 1. The SMILES string of the molecule is C=C(C)CN(CC)c1ncc(Br)cc1C(=O)O. The van der Waals surface area contributed by atoms with Gasteiger partial charge in [-0.05, 0) is 35.8 Å². The first-order chi connectivity index (χ1) is 7.95. The molecule has 0 aliphatic rings. The van der Waals surface area contributed by atoms with Crippen molar-refractivity contribution in [2.75, 3.05) is 18.0 Å². The smallest absolute Gasteiger partial charge is 0.339 e. The number of hydrogen-bond donors (Lipinski definition) is 1. The van der Waals surface area contributed by atoms with E-state index < -0.39 is 5.97 Å². The number of aromatic nitrogens is 1. The molecule has 0 saturated carbocycles. The van der Waals surface area contributed by atoms with Gasteiger partial charge in [0.05, 0.1) is 0 Å². The summed E-state index contributed by atoms with van der Waals surface area (Å²) < 4.78 is 0.657. The Balaban J connectivity index is 3.18. The first kappa shape index (κ1) is 13.7. The number of halogens is 1. The highest BCUT2D eigenvalue weighted by Gasteiger charge is 2.17. The van der Waals surface area contributed by atoms with Crippen molar-refractivity contribution in [2.24, 2.45) is 0 Å². The molecule has 0 amide bonds. The number of aromatic carboxylic acids is 1. The molecular weight excluding hydrogens is 284 g/mol. The van der Waals surface area contributed by atoms with Gasteiger partial charge in [0.2, 0.25) is 0 Å². The maximum atomic E-state index is 11.2. The maximum absolute atomic E-state index is 11.2. The van der Waals surface area contributed by atoms with Gasteiger partial charge in [-0.2, -0.15) is 0 Å². The molecule has 1 N–H and O–H groups in total. The fraction of sp³-hybridized carbons (Fsp3) is 0.333. The second-order valence-electron chi connectivity index (χ2n) is 3.80. The first-order valence-electron chi connectivity index (χ1n) is 5.23. The molecule has 0 aliphatic heterocycles. The lowest BCUT2D eigenvalue weighted by Crippen LogP contribution is -2.27. The molecule has 17 heavy (non-hydrogen) atoms. The molecule has 0 atom stereocenters. The lowest BCUT2D eigenvalue weighted by molar-refractivity contribution is 0.0697. The zero-order valence-electron chi connectivity index (χ0n) is 9.90. The molecule has 1 heterocycles. The summed E-state index contributed by atoms with van der Waals surface area (Å²) >= 11 is 3.22. The van der Waals surface area contributed by atoms with Crippen molar-refractivity contribution in [3.63, 3.8) is 0 Å². The number of anilines is 1. The molecule has 1 rings (SSSR count). The molecule has 0 saturated heterocycles. The van der Waals surface area contributed by atoms with Gasteiger partial charge in [0.1, 0.15) is 11.4 Å². The van der Waals surface area contributed by atoms with E-state index in [-0.39, 0.29) is 5.56 Å². The molecule has 5 heteroatoms. The van der Waals surface area contributed by atoms with Gasteiger partial charge < -0.3 is 10.0 Å². The molecule has 1 aromatic heterocycles. The maximum Gasteiger partial charge on any atom is 0.339 e. The van der Waals surface area contributed by atoms with Gasteiger partial charge >= 0.3 is 5.97 Å². The lowest BCUT2D eigenvalue weighted by Gasteiger charge is -2.23. The molecule has 92 valence electrons. The Hall–Kier alpha value is -1.36. The van der Waals surface area contributed by atoms with Crippen LogP contribution in [0.3, 0.4) is 0 Å². The van der Waals surface area contributed by atoms with E-state index in [1.807, 2.05) is 18.7 Å². The van der Waals surface area contributed by atoms with Crippen LogP contribution < -0.4 is 4.90 Å². The Labute approximate surface area is 109 Å². The van der Waals surface area contributed by atoms with Gasteiger partial charge in [0.25, 0.3) is 0 Å². The van der Waals surface area contributed by atoms with Crippen LogP contribution in [0.5, 0.6) is 0 Å². The highest BCUT2D eigenvalue weighted by molar-refractivity contribution is 9.10. The minimum atomic E-state index is -0.978. The molecule has 0 bridgehead atoms. The number of pyridine rings is 1. The third-order valence-electron chi connectivity index (χ3n) is 2.21. The van der Waals surface area contributed by atoms with Crippen LogP contribution in [-0.4, -0.2) is 29.1 Å². The van der Waals surface area contributed by atoms with Crippen LogP contribution in [0.25, 0.3) is 0 Å². The molecule has 0 aromatic carbocycles. The van der Waals surface area contributed by atoms with Gasteiger partial charge in [0.15, 0.2) is 0 Å². The van der Waals surface area contributed by atoms with E-state index >= 15 is 0 Å². The Morgan fingerprint density at radius 1 is 1.65 bits per heavy atom. The summed E-state index contributed by atoms with van der Waals surface area (Å²) in [6.07, 6.45) is 1.60. The van der Waals surface area contributed by atoms with Crippen molar-refractivity contribution in [3.05, 3.63) is 34.5 Å². The number of carbonyl (C=O) groups is 1. The minimum Gasteiger partial charge on any atom is -0.478 e. The van der Waals surface area contributed by atoms with Crippen LogP contribution >= 0.6 is 15.9 Å². The quantitative estimate of drug-likeness (QED) is 0.849. The third-order valence-corrected chi connectivity index (χ3v) is 2.64. The summed E-state index contributed by atoms with van der Waals surface area (Å²) in [6.45, 7) is 8.98. The van der Waals surface area contributed by atoms with Gasteiger partial charge in [-0.15, -0.1) is 0 Å². The normalized spacial score (nSPS) is 10.1. The van der Waals surface area contributed by atoms with E-state index in [2.05, 4.69) is 27.5 Å². The van der Waals surface area contributed by atoms with Crippen molar-refractivity contribution < 1.29 is 9.90 Å². The Morgan fingerprint density at radius 2 is 2.29 bits per heavy atom. The summed E-state index contributed by atoms with van der Waals surface area (Å²) in [5.41, 5.74) is 1.16. The van der Waals surface area contributed by atoms with Crippen molar-refractivity contribution in [2.45, 2.75) is 13.8 Å². The highest BCUT2D eigenvalue weighted by atomic mass is 79.9. The number of carboxylic acid groups (broad SMARTS) is 1. The number of rotatable bonds is 5. The van der Waals surface area contributed by atoms with Crippen LogP contribution in [0.1, 0.15) is 24.2 Å². The molecular formula is C12H15BrN2O2. The molecule has 0 fully saturated rings. The number of carboxylic acids is 1. The predicted molar refractivity (Wildman–Crippen MR) is 71.6 cm³/mol. The van der Waals surface area contributed by atoms with E-state index in [1.165, 1.54) is 0 Å². The van der Waals surface area contributed by atoms with Crippen molar-refractivity contribution in [3.8, 4) is 0 Å². The highest BCUT2D eigenvalue weighted by Crippen LogP contribution is 2.22. The van der Waals surface area contributed by atoms with Crippen molar-refractivity contribution in [1.82, 2.24) is 4.98 Å². The van der Waals surface area contributed by atoms with E-state index in [0.29, 0.717) is 23.4 Å². The molecule has 0 unspecified atom stereocenters. The second-order valence-corrected chi connectivity index (χ2v) is 4.72. The van der Waals surface area contributed by atoms with Gasteiger partial charge in [0, 0.05) is 23.8 Å². The zero-order chi connectivity index (χ0) is 13.0. The Kier molecular flexibility index (Phi) is 4.69. The zero-order valence-corrected chi connectivity index (χ0v) is 11.5. The molecule has 1 aromatic rings. The summed E-state index contributed by atoms with van der Waals surface area (Å²) in [5.74, 6) is -0.500. The third kappa shape index (κ3) is 3.56. The van der Waals surface area contributed by atoms with Crippen molar-refractivity contribution in [1.29, 1.82) is 0 Å². The topological polar surface area (TPSA) is 53.4 Å². The average molecular weight is 299 g/mol. The standard InChI is InChI=1S/C12H15BrN2O2/c1-4-15(7-8(2)3)11-10(12(16)17)5-9(13)6-14-11/h5-6H,2,4,7H2,1,3H3,(H,16,17). The fourth-order valence-electron chi connectivity index (χ4n) is 1.50. The first-order valence-corrected chi connectivity index (χ1v) is 6.03. The number of hydrogen-bond acceptors (Lipinski definition) is 3. The summed E-state index contributed by atoms with van der Waals surface area (Å²) in [4.78, 5) is 17.2. The largest absolute Gasteiger partial charge is 0.478 e. The van der Waals surface area contributed by atoms with Crippen molar-refractivity contribution >= 4 is 27.7 Å². The van der Waals surface area contributed by atoms with Crippen LogP contribution in [0.4, 0.5) is 5.82 Å². The summed E-state index contributed by atoms with van der Waals surface area (Å²) in [6, 6.07) is 1.56. The summed E-state index contributed by atoms with van der Waals surface area (Å²) in [5, 5.41) is 9.16. The van der Waals surface area contributed by atoms with E-state index in [9.17, 15) is 4.79 Å². The van der Waals surface area contributed by atoms with Crippen LogP contribution in [0, 0.1) is 0 Å². The second kappa shape index (κ2) is 5.82. The molecule has 4 nitrogen and oxygen atoms in total. The van der Waals surface area contributed by atoms with Gasteiger partial charge in [-0.25, -0.2) is 9.78 Å². The summed E-state index contributed by atoms with van der Waals surface area (Å²) in [7, 11) is 0. The monoisotopic (exact) mass is 298 g/mol. The Bertz CT molecular complexity index is 446.